The summed E-state index contributed by atoms with van der Waals surface area (Å²) in [6.07, 6.45) is 3.24. The number of fused-ring (bicyclic) bond motifs is 1. The van der Waals surface area contributed by atoms with Crippen LogP contribution in [-0.2, 0) is 6.54 Å². The summed E-state index contributed by atoms with van der Waals surface area (Å²) in [4.78, 5) is 2.96. The number of imidazole rings is 1. The number of hydrogen-bond acceptors (Lipinski definition) is 2. The largest absolute Gasteiger partial charge is 0.472 e. The van der Waals surface area contributed by atoms with E-state index in [1.54, 1.807) is 18.6 Å². The van der Waals surface area contributed by atoms with E-state index in [1.165, 1.54) is 6.07 Å². The zero-order valence-electron chi connectivity index (χ0n) is 9.11. The SMILES string of the molecule is Fc1cc2[nH]c(=S)n(Cc3ccoc3)c2cc1Cl. The summed E-state index contributed by atoms with van der Waals surface area (Å²) in [5.74, 6) is -0.462. The van der Waals surface area contributed by atoms with E-state index in [-0.39, 0.29) is 5.02 Å². The Bertz CT molecular complexity index is 760. The monoisotopic (exact) mass is 282 g/mol. The van der Waals surface area contributed by atoms with Gasteiger partial charge in [0.05, 0.1) is 35.1 Å². The van der Waals surface area contributed by atoms with E-state index >= 15 is 0 Å². The van der Waals surface area contributed by atoms with E-state index in [1.807, 2.05) is 10.6 Å². The van der Waals surface area contributed by atoms with Gasteiger partial charge in [-0.1, -0.05) is 11.6 Å². The minimum atomic E-state index is -0.462. The number of furan rings is 1. The fraction of sp³-hybridized carbons (Fsp3) is 0.0833. The zero-order valence-corrected chi connectivity index (χ0v) is 10.7. The number of nitrogens with one attached hydrogen (secondary N) is 1. The van der Waals surface area contributed by atoms with Crippen LogP contribution in [0, 0.1) is 10.6 Å². The van der Waals surface area contributed by atoms with Crippen LogP contribution in [0.2, 0.25) is 5.02 Å². The summed E-state index contributed by atoms with van der Waals surface area (Å²) in [6, 6.07) is 4.77. The van der Waals surface area contributed by atoms with Gasteiger partial charge in [0.15, 0.2) is 4.77 Å². The standard InChI is InChI=1S/C12H8ClFN2OS/c13-8-3-11-10(4-9(8)14)15-12(18)16(11)5-7-1-2-17-6-7/h1-4,6H,5H2,(H,15,18). The summed E-state index contributed by atoms with van der Waals surface area (Å²) < 4.78 is 20.7. The smallest absolute Gasteiger partial charge is 0.178 e. The summed E-state index contributed by atoms with van der Waals surface area (Å²) in [5.41, 5.74) is 2.38. The van der Waals surface area contributed by atoms with Crippen molar-refractivity contribution >= 4 is 34.9 Å². The molecule has 3 rings (SSSR count). The molecule has 18 heavy (non-hydrogen) atoms. The van der Waals surface area contributed by atoms with Crippen molar-refractivity contribution in [3.05, 3.63) is 51.9 Å². The molecule has 0 bridgehead atoms. The average molecular weight is 283 g/mol. The molecule has 0 amide bonds. The van der Waals surface area contributed by atoms with Crippen molar-refractivity contribution in [2.45, 2.75) is 6.54 Å². The van der Waals surface area contributed by atoms with E-state index in [0.29, 0.717) is 16.8 Å². The van der Waals surface area contributed by atoms with Gasteiger partial charge in [-0.2, -0.15) is 0 Å². The lowest BCUT2D eigenvalue weighted by atomic mass is 10.3. The molecule has 0 spiro atoms. The Hall–Kier alpha value is -1.59. The van der Waals surface area contributed by atoms with Crippen LogP contribution in [0.25, 0.3) is 11.0 Å². The lowest BCUT2D eigenvalue weighted by Crippen LogP contribution is -1.98. The molecule has 0 saturated carbocycles. The second-order valence-corrected chi connectivity index (χ2v) is 4.73. The number of aromatic nitrogens is 2. The van der Waals surface area contributed by atoms with Gasteiger partial charge >= 0.3 is 0 Å². The molecule has 0 aliphatic carbocycles. The average Bonchev–Trinajstić information content (AvgIpc) is 2.92. The van der Waals surface area contributed by atoms with Crippen molar-refractivity contribution in [2.75, 3.05) is 0 Å². The summed E-state index contributed by atoms with van der Waals surface area (Å²) >= 11 is 11.0. The minimum Gasteiger partial charge on any atom is -0.472 e. The molecule has 2 aromatic heterocycles. The van der Waals surface area contributed by atoms with E-state index in [0.717, 1.165) is 11.1 Å². The molecule has 0 saturated heterocycles. The van der Waals surface area contributed by atoms with Crippen molar-refractivity contribution in [2.24, 2.45) is 0 Å². The number of rotatable bonds is 2. The molecule has 3 nitrogen and oxygen atoms in total. The summed E-state index contributed by atoms with van der Waals surface area (Å²) in [7, 11) is 0. The third-order valence-corrected chi connectivity index (χ3v) is 3.35. The molecule has 0 unspecified atom stereocenters. The van der Waals surface area contributed by atoms with Crippen molar-refractivity contribution in [1.82, 2.24) is 9.55 Å². The highest BCUT2D eigenvalue weighted by Gasteiger charge is 2.09. The first-order valence-electron chi connectivity index (χ1n) is 5.24. The van der Waals surface area contributed by atoms with Crippen LogP contribution in [-0.4, -0.2) is 9.55 Å². The third-order valence-electron chi connectivity index (χ3n) is 2.74. The number of H-pyrrole nitrogens is 1. The fourth-order valence-electron chi connectivity index (χ4n) is 1.87. The minimum absolute atomic E-state index is 0.0810. The zero-order chi connectivity index (χ0) is 12.7. The number of halogens is 2. The van der Waals surface area contributed by atoms with Crippen molar-refractivity contribution in [3.8, 4) is 0 Å². The van der Waals surface area contributed by atoms with E-state index in [9.17, 15) is 4.39 Å². The summed E-state index contributed by atoms with van der Waals surface area (Å²) in [6.45, 7) is 0.553. The molecule has 0 radical (unpaired) electrons. The third kappa shape index (κ3) is 1.85. The Morgan fingerprint density at radius 2 is 2.28 bits per heavy atom. The first kappa shape index (κ1) is 11.5. The maximum absolute atomic E-state index is 13.4. The van der Waals surface area contributed by atoms with Gasteiger partial charge in [0, 0.05) is 11.6 Å². The topological polar surface area (TPSA) is 33.9 Å². The van der Waals surface area contributed by atoms with Crippen LogP contribution in [0.1, 0.15) is 5.56 Å². The molecule has 3 aromatic rings. The summed E-state index contributed by atoms with van der Waals surface area (Å²) in [5, 5.41) is 0.0810. The maximum atomic E-state index is 13.4. The normalized spacial score (nSPS) is 11.2. The highest BCUT2D eigenvalue weighted by Crippen LogP contribution is 2.23. The molecule has 0 aliphatic heterocycles. The van der Waals surface area contributed by atoms with Crippen molar-refractivity contribution in [3.63, 3.8) is 0 Å². The number of aromatic amines is 1. The second kappa shape index (κ2) is 4.26. The van der Waals surface area contributed by atoms with Gasteiger partial charge < -0.3 is 14.0 Å². The lowest BCUT2D eigenvalue weighted by molar-refractivity contribution is 0.562. The molecule has 92 valence electrons. The van der Waals surface area contributed by atoms with Gasteiger partial charge in [-0.25, -0.2) is 4.39 Å². The molecular formula is C12H8ClFN2OS. The van der Waals surface area contributed by atoms with Crippen LogP contribution in [0.3, 0.4) is 0 Å². The molecule has 0 fully saturated rings. The van der Waals surface area contributed by atoms with Crippen molar-refractivity contribution < 1.29 is 8.81 Å². The molecular weight excluding hydrogens is 275 g/mol. The molecule has 1 N–H and O–H groups in total. The Kier molecular flexibility index (Phi) is 2.72. The second-order valence-electron chi connectivity index (χ2n) is 3.93. The Morgan fingerprint density at radius 3 is 3.00 bits per heavy atom. The highest BCUT2D eigenvalue weighted by molar-refractivity contribution is 7.71. The lowest BCUT2D eigenvalue weighted by Gasteiger charge is -2.02. The van der Waals surface area contributed by atoms with E-state index < -0.39 is 5.82 Å². The predicted molar refractivity (Wildman–Crippen MR) is 69.9 cm³/mol. The van der Waals surface area contributed by atoms with Gasteiger partial charge in [-0.3, -0.25) is 0 Å². The molecule has 6 heteroatoms. The van der Waals surface area contributed by atoms with Crippen LogP contribution in [0.5, 0.6) is 0 Å². The van der Waals surface area contributed by atoms with Crippen molar-refractivity contribution in [1.29, 1.82) is 0 Å². The Labute approximate surface area is 112 Å². The van der Waals surface area contributed by atoms with E-state index in [4.69, 9.17) is 28.2 Å². The van der Waals surface area contributed by atoms with Gasteiger partial charge in [0.1, 0.15) is 5.82 Å². The van der Waals surface area contributed by atoms with Gasteiger partial charge in [-0.05, 0) is 24.4 Å². The number of benzene rings is 1. The van der Waals surface area contributed by atoms with Crippen LogP contribution in [0.15, 0.2) is 35.1 Å². The molecule has 0 aliphatic rings. The fourth-order valence-corrected chi connectivity index (χ4v) is 2.30. The van der Waals surface area contributed by atoms with Gasteiger partial charge in [-0.15, -0.1) is 0 Å². The number of hydrogen-bond donors (Lipinski definition) is 1. The molecule has 0 atom stereocenters. The quantitative estimate of drug-likeness (QED) is 0.717. The van der Waals surface area contributed by atoms with Crippen LogP contribution < -0.4 is 0 Å². The first-order chi connectivity index (χ1) is 8.65. The van der Waals surface area contributed by atoms with Crippen LogP contribution >= 0.6 is 23.8 Å². The predicted octanol–water partition coefficient (Wildman–Crippen LogP) is 4.13. The highest BCUT2D eigenvalue weighted by atomic mass is 35.5. The van der Waals surface area contributed by atoms with E-state index in [2.05, 4.69) is 4.98 Å². The van der Waals surface area contributed by atoms with Gasteiger partial charge in [0.2, 0.25) is 0 Å². The Balaban J connectivity index is 2.19. The van der Waals surface area contributed by atoms with Gasteiger partial charge in [0.25, 0.3) is 0 Å². The van der Waals surface area contributed by atoms with Crippen LogP contribution in [0.4, 0.5) is 4.39 Å². The first-order valence-corrected chi connectivity index (χ1v) is 6.02. The maximum Gasteiger partial charge on any atom is 0.178 e. The molecule has 1 aromatic carbocycles. The molecule has 2 heterocycles. The number of nitrogens with zero attached hydrogens (tertiary/aromatic N) is 1. The Morgan fingerprint density at radius 1 is 1.44 bits per heavy atom.